The van der Waals surface area contributed by atoms with Crippen LogP contribution in [0.3, 0.4) is 0 Å². The summed E-state index contributed by atoms with van der Waals surface area (Å²) in [6.07, 6.45) is 0. The fourth-order valence-corrected chi connectivity index (χ4v) is 5.44. The van der Waals surface area contributed by atoms with Crippen LogP contribution in [0.5, 0.6) is 5.75 Å². The Morgan fingerprint density at radius 1 is 0.586 bits per heavy atom. The lowest BCUT2D eigenvalue weighted by molar-refractivity contribution is 0.306. The molecule has 1 nitrogen and oxygen atoms in total. The van der Waals surface area contributed by atoms with Gasteiger partial charge in [-0.05, 0) is 47.5 Å². The second-order valence-electron chi connectivity index (χ2n) is 6.54. The van der Waals surface area contributed by atoms with Crippen molar-refractivity contribution >= 4 is 23.5 Å². The van der Waals surface area contributed by atoms with Crippen molar-refractivity contribution < 1.29 is 4.74 Å². The minimum Gasteiger partial charge on any atom is -0.489 e. The molecule has 0 amide bonds. The van der Waals surface area contributed by atoms with Crippen LogP contribution in [-0.2, 0) is 6.61 Å². The molecule has 144 valence electrons. The van der Waals surface area contributed by atoms with Gasteiger partial charge in [0, 0.05) is 9.79 Å². The molecule has 0 aliphatic carbocycles. The Bertz CT molecular complexity index is 963. The van der Waals surface area contributed by atoms with E-state index in [0.29, 0.717) is 6.61 Å². The third-order valence-electron chi connectivity index (χ3n) is 4.35. The quantitative estimate of drug-likeness (QED) is 0.215. The van der Waals surface area contributed by atoms with Crippen LogP contribution in [0.2, 0.25) is 0 Å². The fourth-order valence-electron chi connectivity index (χ4n) is 2.90. The Kier molecular flexibility index (Phi) is 6.95. The molecular weight excluding hydrogens is 392 g/mol. The molecule has 4 rings (SSSR count). The second-order valence-corrected chi connectivity index (χ2v) is 9.20. The molecule has 4 aromatic carbocycles. The van der Waals surface area contributed by atoms with E-state index in [1.165, 1.54) is 20.9 Å². The van der Waals surface area contributed by atoms with E-state index in [4.69, 9.17) is 4.74 Å². The first-order valence-electron chi connectivity index (χ1n) is 9.57. The van der Waals surface area contributed by atoms with E-state index in [9.17, 15) is 0 Å². The third kappa shape index (κ3) is 5.93. The molecule has 29 heavy (non-hydrogen) atoms. The van der Waals surface area contributed by atoms with Crippen LogP contribution < -0.4 is 4.74 Å². The summed E-state index contributed by atoms with van der Waals surface area (Å²) in [5.74, 6) is 0.902. The number of rotatable bonds is 8. The van der Waals surface area contributed by atoms with Crippen LogP contribution in [0.1, 0.15) is 15.7 Å². The largest absolute Gasteiger partial charge is 0.489 e. The van der Waals surface area contributed by atoms with Gasteiger partial charge in [-0.25, -0.2) is 0 Å². The maximum absolute atomic E-state index is 6.06. The zero-order chi connectivity index (χ0) is 19.7. The fraction of sp³-hybridized carbons (Fsp3) is 0.0769. The van der Waals surface area contributed by atoms with Gasteiger partial charge in [0.1, 0.15) is 12.4 Å². The Balaban J connectivity index is 1.54. The van der Waals surface area contributed by atoms with E-state index in [0.717, 1.165) is 5.75 Å². The van der Waals surface area contributed by atoms with Gasteiger partial charge in [-0.15, -0.1) is 23.5 Å². The van der Waals surface area contributed by atoms with Gasteiger partial charge in [0.05, 0.1) is 4.58 Å². The normalized spacial score (nSPS) is 10.8. The van der Waals surface area contributed by atoms with Gasteiger partial charge in [-0.2, -0.15) is 0 Å². The minimum atomic E-state index is 0.236. The lowest BCUT2D eigenvalue weighted by atomic mass is 10.2. The molecule has 0 saturated heterocycles. The van der Waals surface area contributed by atoms with Crippen molar-refractivity contribution in [2.24, 2.45) is 0 Å². The summed E-state index contributed by atoms with van der Waals surface area (Å²) < 4.78 is 6.30. The summed E-state index contributed by atoms with van der Waals surface area (Å²) in [6, 6.07) is 39.9. The summed E-state index contributed by atoms with van der Waals surface area (Å²) in [5, 5.41) is 0. The van der Waals surface area contributed by atoms with Crippen molar-refractivity contribution in [1.29, 1.82) is 0 Å². The molecule has 0 unspecified atom stereocenters. The average Bonchev–Trinajstić information content (AvgIpc) is 2.80. The van der Waals surface area contributed by atoms with Gasteiger partial charge in [0.2, 0.25) is 0 Å². The van der Waals surface area contributed by atoms with Gasteiger partial charge in [0.15, 0.2) is 0 Å². The van der Waals surface area contributed by atoms with Crippen LogP contribution in [0.15, 0.2) is 125 Å². The molecule has 0 spiro atoms. The summed E-state index contributed by atoms with van der Waals surface area (Å²) in [4.78, 5) is 2.52. The number of thioether (sulfide) groups is 2. The number of ether oxygens (including phenoxy) is 1. The van der Waals surface area contributed by atoms with E-state index in [-0.39, 0.29) is 4.58 Å². The van der Waals surface area contributed by atoms with E-state index in [1.807, 2.05) is 47.8 Å². The molecule has 0 N–H and O–H groups in total. The monoisotopic (exact) mass is 414 g/mol. The van der Waals surface area contributed by atoms with Gasteiger partial charge in [0.25, 0.3) is 0 Å². The van der Waals surface area contributed by atoms with E-state index in [2.05, 4.69) is 91.0 Å². The summed E-state index contributed by atoms with van der Waals surface area (Å²) in [6.45, 7) is 0.576. The van der Waals surface area contributed by atoms with Crippen molar-refractivity contribution in [1.82, 2.24) is 0 Å². The predicted octanol–water partition coefficient (Wildman–Crippen LogP) is 7.85. The molecule has 0 bridgehead atoms. The van der Waals surface area contributed by atoms with Crippen LogP contribution in [-0.4, -0.2) is 0 Å². The first-order valence-corrected chi connectivity index (χ1v) is 11.3. The zero-order valence-electron chi connectivity index (χ0n) is 16.0. The number of hydrogen-bond acceptors (Lipinski definition) is 3. The number of benzene rings is 4. The molecule has 0 aliphatic rings. The SMILES string of the molecule is c1ccc(COc2cccc(C(Sc3ccccc3)Sc3ccccc3)c2)cc1. The summed E-state index contributed by atoms with van der Waals surface area (Å²) >= 11 is 3.73. The zero-order valence-corrected chi connectivity index (χ0v) is 17.6. The van der Waals surface area contributed by atoms with Crippen molar-refractivity contribution in [2.75, 3.05) is 0 Å². The van der Waals surface area contributed by atoms with Crippen LogP contribution in [0.25, 0.3) is 0 Å². The van der Waals surface area contributed by atoms with E-state index < -0.39 is 0 Å². The predicted molar refractivity (Wildman–Crippen MR) is 125 cm³/mol. The van der Waals surface area contributed by atoms with E-state index in [1.54, 1.807) is 0 Å². The minimum absolute atomic E-state index is 0.236. The van der Waals surface area contributed by atoms with E-state index >= 15 is 0 Å². The maximum atomic E-state index is 6.06. The Morgan fingerprint density at radius 3 is 1.72 bits per heavy atom. The molecular formula is C26H22OS2. The molecule has 0 aliphatic heterocycles. The Morgan fingerprint density at radius 2 is 1.14 bits per heavy atom. The van der Waals surface area contributed by atoms with Crippen molar-refractivity contribution in [2.45, 2.75) is 21.0 Å². The third-order valence-corrected chi connectivity index (χ3v) is 6.99. The second kappa shape index (κ2) is 10.2. The van der Waals surface area contributed by atoms with Crippen molar-refractivity contribution in [3.63, 3.8) is 0 Å². The molecule has 0 atom stereocenters. The molecule has 0 heterocycles. The Hall–Kier alpha value is -2.62. The molecule has 3 heteroatoms. The van der Waals surface area contributed by atoms with Gasteiger partial charge in [-0.3, -0.25) is 0 Å². The molecule has 0 aromatic heterocycles. The highest BCUT2D eigenvalue weighted by Gasteiger charge is 2.16. The van der Waals surface area contributed by atoms with Crippen molar-refractivity contribution in [3.8, 4) is 5.75 Å². The van der Waals surface area contributed by atoms with Crippen LogP contribution in [0, 0.1) is 0 Å². The average molecular weight is 415 g/mol. The van der Waals surface area contributed by atoms with Gasteiger partial charge >= 0.3 is 0 Å². The summed E-state index contributed by atoms with van der Waals surface area (Å²) in [7, 11) is 0. The highest BCUT2D eigenvalue weighted by molar-refractivity contribution is 8.16. The number of hydrogen-bond donors (Lipinski definition) is 0. The lowest BCUT2D eigenvalue weighted by Crippen LogP contribution is -1.96. The van der Waals surface area contributed by atoms with Crippen LogP contribution in [0.4, 0.5) is 0 Å². The van der Waals surface area contributed by atoms with Crippen molar-refractivity contribution in [3.05, 3.63) is 126 Å². The van der Waals surface area contributed by atoms with Crippen LogP contribution >= 0.6 is 23.5 Å². The molecule has 0 fully saturated rings. The van der Waals surface area contributed by atoms with Gasteiger partial charge < -0.3 is 4.74 Å². The highest BCUT2D eigenvalue weighted by atomic mass is 32.2. The molecule has 4 aromatic rings. The molecule has 0 saturated carbocycles. The summed E-state index contributed by atoms with van der Waals surface area (Å²) in [5.41, 5.74) is 2.42. The molecule has 0 radical (unpaired) electrons. The van der Waals surface area contributed by atoms with Gasteiger partial charge in [-0.1, -0.05) is 78.9 Å². The Labute approximate surface area is 181 Å². The lowest BCUT2D eigenvalue weighted by Gasteiger charge is -2.18. The first-order chi connectivity index (χ1) is 14.4. The standard InChI is InChI=1S/C26H22OS2/c1-4-11-21(12-5-1)20-27-23-14-10-13-22(19-23)26(28-24-15-6-2-7-16-24)29-25-17-8-3-9-18-25/h1-19,26H,20H2. The maximum Gasteiger partial charge on any atom is 0.120 e. The highest BCUT2D eigenvalue weighted by Crippen LogP contribution is 2.47. The smallest absolute Gasteiger partial charge is 0.120 e. The first kappa shape index (κ1) is 19.7. The topological polar surface area (TPSA) is 9.23 Å².